The van der Waals surface area contributed by atoms with E-state index >= 15 is 0 Å². The summed E-state index contributed by atoms with van der Waals surface area (Å²) in [7, 11) is 0. The number of hydrogen-bond donors (Lipinski definition) is 1. The molecule has 4 rings (SSSR count). The van der Waals surface area contributed by atoms with Gasteiger partial charge in [-0.05, 0) is 62.1 Å². The minimum Gasteiger partial charge on any atom is -0.490 e. The first kappa shape index (κ1) is 22.6. The van der Waals surface area contributed by atoms with E-state index in [2.05, 4.69) is 27.3 Å². The molecule has 1 N–H and O–H groups in total. The lowest BCUT2D eigenvalue weighted by atomic mass is 9.99. The smallest absolute Gasteiger partial charge is 0.262 e. The molecule has 1 aliphatic rings. The highest BCUT2D eigenvalue weighted by Crippen LogP contribution is 2.27. The van der Waals surface area contributed by atoms with Crippen molar-refractivity contribution in [2.24, 2.45) is 5.92 Å². The molecule has 7 heteroatoms. The molecule has 172 valence electrons. The van der Waals surface area contributed by atoms with Gasteiger partial charge in [-0.15, -0.1) is 10.2 Å². The van der Waals surface area contributed by atoms with Crippen molar-refractivity contribution in [1.29, 1.82) is 0 Å². The van der Waals surface area contributed by atoms with Crippen LogP contribution in [0.15, 0.2) is 60.7 Å². The van der Waals surface area contributed by atoms with Crippen molar-refractivity contribution < 1.29 is 14.3 Å². The quantitative estimate of drug-likeness (QED) is 0.536. The summed E-state index contributed by atoms with van der Waals surface area (Å²) in [5.74, 6) is 2.60. The predicted octanol–water partition coefficient (Wildman–Crippen LogP) is 4.80. The van der Waals surface area contributed by atoms with E-state index in [0.717, 1.165) is 36.1 Å². The zero-order chi connectivity index (χ0) is 23.0. The summed E-state index contributed by atoms with van der Waals surface area (Å²) >= 11 is 0. The minimum absolute atomic E-state index is 0.114. The molecule has 0 unspecified atom stereocenters. The zero-order valence-electron chi connectivity index (χ0n) is 19.2. The molecule has 0 bridgehead atoms. The van der Waals surface area contributed by atoms with E-state index in [4.69, 9.17) is 9.47 Å². The third-order valence-electron chi connectivity index (χ3n) is 5.71. The number of benzene rings is 2. The van der Waals surface area contributed by atoms with Gasteiger partial charge < -0.3 is 19.7 Å². The molecule has 33 heavy (non-hydrogen) atoms. The number of anilines is 2. The molecule has 1 fully saturated rings. The average molecular weight is 447 g/mol. The second kappa shape index (κ2) is 10.8. The van der Waals surface area contributed by atoms with Gasteiger partial charge in [-0.3, -0.25) is 4.79 Å². The van der Waals surface area contributed by atoms with Crippen LogP contribution in [0.25, 0.3) is 11.3 Å². The Hall–Kier alpha value is -3.61. The van der Waals surface area contributed by atoms with Crippen molar-refractivity contribution in [2.45, 2.75) is 26.7 Å². The van der Waals surface area contributed by atoms with Gasteiger partial charge in [-0.1, -0.05) is 31.2 Å². The van der Waals surface area contributed by atoms with Crippen molar-refractivity contribution >= 4 is 17.4 Å². The molecule has 2 heterocycles. The Bertz CT molecular complexity index is 1060. The summed E-state index contributed by atoms with van der Waals surface area (Å²) in [6.07, 6.45) is 2.37. The van der Waals surface area contributed by atoms with Crippen LogP contribution >= 0.6 is 0 Å². The first-order valence-electron chi connectivity index (χ1n) is 11.5. The maximum absolute atomic E-state index is 12.4. The van der Waals surface area contributed by atoms with Crippen molar-refractivity contribution in [3.05, 3.63) is 60.7 Å². The summed E-state index contributed by atoms with van der Waals surface area (Å²) in [5.41, 5.74) is 2.33. The number of hydrogen-bond acceptors (Lipinski definition) is 6. The van der Waals surface area contributed by atoms with Crippen LogP contribution in [0.4, 0.5) is 11.5 Å². The molecule has 3 aromatic rings. The number of para-hydroxylation sites is 2. The van der Waals surface area contributed by atoms with E-state index < -0.39 is 0 Å². The highest BCUT2D eigenvalue weighted by molar-refractivity contribution is 5.92. The monoisotopic (exact) mass is 446 g/mol. The standard InChI is InChI=1S/C26H30N4O3/c1-3-32-23-9-4-5-10-24(23)33-18-26(31)27-21-8-6-7-20(17-21)22-11-12-25(29-28-22)30-15-13-19(2)14-16-30/h4-12,17,19H,3,13-16,18H2,1-2H3,(H,27,31). The number of carbonyl (C=O) groups excluding carboxylic acids is 1. The van der Waals surface area contributed by atoms with Crippen LogP contribution in [-0.4, -0.2) is 42.4 Å². The van der Waals surface area contributed by atoms with Gasteiger partial charge in [0.15, 0.2) is 23.9 Å². The topological polar surface area (TPSA) is 76.6 Å². The third kappa shape index (κ3) is 6.00. The van der Waals surface area contributed by atoms with E-state index in [0.29, 0.717) is 23.8 Å². The van der Waals surface area contributed by atoms with Crippen molar-refractivity contribution in [2.75, 3.05) is 36.5 Å². The fourth-order valence-corrected chi connectivity index (χ4v) is 3.83. The number of piperidine rings is 1. The Balaban J connectivity index is 1.36. The number of rotatable bonds is 8. The summed E-state index contributed by atoms with van der Waals surface area (Å²) in [6.45, 7) is 6.66. The molecule has 1 aliphatic heterocycles. The van der Waals surface area contributed by atoms with E-state index in [1.54, 1.807) is 6.07 Å². The van der Waals surface area contributed by atoms with E-state index in [1.165, 1.54) is 12.8 Å². The molecule has 0 radical (unpaired) electrons. The van der Waals surface area contributed by atoms with Crippen molar-refractivity contribution in [3.63, 3.8) is 0 Å². The summed E-state index contributed by atoms with van der Waals surface area (Å²) in [6, 6.07) is 18.9. The van der Waals surface area contributed by atoms with Gasteiger partial charge in [0.05, 0.1) is 12.3 Å². The molecular formula is C26H30N4O3. The molecular weight excluding hydrogens is 416 g/mol. The number of ether oxygens (including phenoxy) is 2. The number of carbonyl (C=O) groups is 1. The van der Waals surface area contributed by atoms with Gasteiger partial charge in [0.1, 0.15) is 0 Å². The van der Waals surface area contributed by atoms with Gasteiger partial charge >= 0.3 is 0 Å². The zero-order valence-corrected chi connectivity index (χ0v) is 19.2. The second-order valence-corrected chi connectivity index (χ2v) is 8.24. The fraction of sp³-hybridized carbons (Fsp3) is 0.346. The van der Waals surface area contributed by atoms with Crippen LogP contribution in [-0.2, 0) is 4.79 Å². The number of nitrogens with one attached hydrogen (secondary N) is 1. The van der Waals surface area contributed by atoms with Gasteiger partial charge in [-0.2, -0.15) is 0 Å². The molecule has 0 aliphatic carbocycles. The molecule has 0 spiro atoms. The lowest BCUT2D eigenvalue weighted by Gasteiger charge is -2.30. The number of aromatic nitrogens is 2. The summed E-state index contributed by atoms with van der Waals surface area (Å²) < 4.78 is 11.2. The number of amides is 1. The normalized spacial score (nSPS) is 14.1. The molecule has 0 atom stereocenters. The largest absolute Gasteiger partial charge is 0.490 e. The first-order chi connectivity index (χ1) is 16.1. The van der Waals surface area contributed by atoms with Crippen LogP contribution in [0.3, 0.4) is 0 Å². The lowest BCUT2D eigenvalue weighted by Crippen LogP contribution is -2.33. The first-order valence-corrected chi connectivity index (χ1v) is 11.5. The van der Waals surface area contributed by atoms with Gasteiger partial charge in [-0.25, -0.2) is 0 Å². The van der Waals surface area contributed by atoms with Crippen molar-refractivity contribution in [3.8, 4) is 22.8 Å². The fourth-order valence-electron chi connectivity index (χ4n) is 3.83. The van der Waals surface area contributed by atoms with Gasteiger partial charge in [0.25, 0.3) is 5.91 Å². The predicted molar refractivity (Wildman–Crippen MR) is 130 cm³/mol. The van der Waals surface area contributed by atoms with Gasteiger partial charge in [0, 0.05) is 24.3 Å². The Morgan fingerprint density at radius 2 is 1.76 bits per heavy atom. The summed E-state index contributed by atoms with van der Waals surface area (Å²) in [4.78, 5) is 14.7. The molecule has 7 nitrogen and oxygen atoms in total. The van der Waals surface area contributed by atoms with Crippen LogP contribution in [0, 0.1) is 5.92 Å². The highest BCUT2D eigenvalue weighted by atomic mass is 16.5. The Morgan fingerprint density at radius 3 is 2.45 bits per heavy atom. The summed E-state index contributed by atoms with van der Waals surface area (Å²) in [5, 5.41) is 11.7. The van der Waals surface area contributed by atoms with Crippen LogP contribution < -0.4 is 19.7 Å². The maximum atomic E-state index is 12.4. The molecule has 1 aromatic heterocycles. The molecule has 1 saturated heterocycles. The maximum Gasteiger partial charge on any atom is 0.262 e. The number of nitrogens with zero attached hydrogens (tertiary/aromatic N) is 3. The Kier molecular flexibility index (Phi) is 7.40. The molecule has 2 aromatic carbocycles. The van der Waals surface area contributed by atoms with Gasteiger partial charge in [0.2, 0.25) is 0 Å². The second-order valence-electron chi connectivity index (χ2n) is 8.24. The van der Waals surface area contributed by atoms with Crippen LogP contribution in [0.2, 0.25) is 0 Å². The minimum atomic E-state index is -0.251. The van der Waals surface area contributed by atoms with Crippen molar-refractivity contribution in [1.82, 2.24) is 10.2 Å². The Labute approximate surface area is 194 Å². The van der Waals surface area contributed by atoms with E-state index in [1.807, 2.05) is 61.5 Å². The molecule has 0 saturated carbocycles. The molecule has 1 amide bonds. The van der Waals surface area contributed by atoms with E-state index in [-0.39, 0.29) is 12.5 Å². The average Bonchev–Trinajstić information content (AvgIpc) is 2.84. The van der Waals surface area contributed by atoms with Crippen LogP contribution in [0.5, 0.6) is 11.5 Å². The Morgan fingerprint density at radius 1 is 1.00 bits per heavy atom. The highest BCUT2D eigenvalue weighted by Gasteiger charge is 2.17. The lowest BCUT2D eigenvalue weighted by molar-refractivity contribution is -0.118. The van der Waals surface area contributed by atoms with E-state index in [9.17, 15) is 4.79 Å². The SMILES string of the molecule is CCOc1ccccc1OCC(=O)Nc1cccc(-c2ccc(N3CCC(C)CC3)nn2)c1. The van der Waals surface area contributed by atoms with Crippen LogP contribution in [0.1, 0.15) is 26.7 Å². The third-order valence-corrected chi connectivity index (χ3v) is 5.71.